The minimum Gasteiger partial charge on any atom is -0.295 e. The summed E-state index contributed by atoms with van der Waals surface area (Å²) in [5, 5.41) is 19.3. The summed E-state index contributed by atoms with van der Waals surface area (Å²) < 4.78 is 8.02. The molecule has 5 heterocycles. The van der Waals surface area contributed by atoms with Crippen LogP contribution in [0, 0.1) is 27.7 Å². The predicted molar refractivity (Wildman–Crippen MR) is 117 cm³/mol. The van der Waals surface area contributed by atoms with Crippen LogP contribution in [0.4, 0.5) is 0 Å². The number of hydrogen-bond donors (Lipinski definition) is 0. The molecular weight excluding hydrogens is 390 g/mol. The fourth-order valence-corrected chi connectivity index (χ4v) is 4.32. The van der Waals surface area contributed by atoms with Gasteiger partial charge < -0.3 is 0 Å². The van der Waals surface area contributed by atoms with Crippen molar-refractivity contribution in [1.29, 1.82) is 0 Å². The fraction of sp³-hybridized carbons (Fsp3) is 0.455. The normalized spacial score (nSPS) is 15.1. The molecule has 8 bridgehead atoms. The first-order valence-electron chi connectivity index (χ1n) is 10.8. The Balaban J connectivity index is 1.54. The van der Waals surface area contributed by atoms with Crippen molar-refractivity contribution in [3.63, 3.8) is 0 Å². The summed E-state index contributed by atoms with van der Waals surface area (Å²) in [6.45, 7) is 11.5. The standard InChI is InChI=1S/C22H29N9/c1-15-11-21-25-28(15)7-6-8-29-16(2)12-22(26-29)31-18(4)10-20(24-31)14-27(5)13-19-9-17(3)30(21)23-19/h9-12H,6-8,13-14H2,1-5H3. The van der Waals surface area contributed by atoms with Gasteiger partial charge in [-0.3, -0.25) is 14.3 Å². The maximum Gasteiger partial charge on any atom is 0.175 e. The summed E-state index contributed by atoms with van der Waals surface area (Å²) in [7, 11) is 2.10. The number of aromatic nitrogens is 8. The molecule has 0 aliphatic carbocycles. The SMILES string of the molecule is Cc1cc2nn1CCCn1nc(cc1C)-n1nc(cc1C)CN(C)Cc1cc(C)n-2n1. The van der Waals surface area contributed by atoms with E-state index < -0.39 is 0 Å². The molecule has 162 valence electrons. The molecule has 31 heavy (non-hydrogen) atoms. The van der Waals surface area contributed by atoms with Crippen LogP contribution in [0.2, 0.25) is 0 Å². The Labute approximate surface area is 181 Å². The van der Waals surface area contributed by atoms with E-state index in [9.17, 15) is 0 Å². The highest BCUT2D eigenvalue weighted by Gasteiger charge is 2.16. The van der Waals surface area contributed by atoms with Crippen molar-refractivity contribution >= 4 is 0 Å². The third-order valence-electron chi connectivity index (χ3n) is 5.85. The van der Waals surface area contributed by atoms with E-state index in [1.165, 1.54) is 0 Å². The van der Waals surface area contributed by atoms with E-state index in [-0.39, 0.29) is 0 Å². The molecule has 0 saturated heterocycles. The molecule has 0 fully saturated rings. The average Bonchev–Trinajstić information content (AvgIpc) is 3.43. The number of rotatable bonds is 0. The molecule has 1 aliphatic rings. The second-order valence-electron chi connectivity index (χ2n) is 8.64. The second kappa shape index (κ2) is 7.49. The van der Waals surface area contributed by atoms with Gasteiger partial charge in [0.05, 0.1) is 11.4 Å². The molecule has 0 atom stereocenters. The molecule has 0 unspecified atom stereocenters. The smallest absolute Gasteiger partial charge is 0.175 e. The zero-order chi connectivity index (χ0) is 21.7. The Morgan fingerprint density at radius 1 is 0.613 bits per heavy atom. The summed E-state index contributed by atoms with van der Waals surface area (Å²) in [4.78, 5) is 2.23. The summed E-state index contributed by atoms with van der Waals surface area (Å²) in [5.74, 6) is 1.74. The van der Waals surface area contributed by atoms with Crippen molar-refractivity contribution in [3.05, 3.63) is 58.4 Å². The van der Waals surface area contributed by atoms with Gasteiger partial charge in [0.1, 0.15) is 0 Å². The van der Waals surface area contributed by atoms with Gasteiger partial charge in [0.25, 0.3) is 0 Å². The van der Waals surface area contributed by atoms with Gasteiger partial charge >= 0.3 is 0 Å². The van der Waals surface area contributed by atoms with E-state index in [2.05, 4.69) is 73.3 Å². The zero-order valence-electron chi connectivity index (χ0n) is 18.9. The van der Waals surface area contributed by atoms with Crippen LogP contribution in [0.15, 0.2) is 24.3 Å². The Kier molecular flexibility index (Phi) is 4.77. The molecule has 0 spiro atoms. The van der Waals surface area contributed by atoms with Gasteiger partial charge in [-0.2, -0.15) is 20.4 Å². The monoisotopic (exact) mass is 419 g/mol. The molecule has 0 N–H and O–H groups in total. The molecule has 4 aromatic rings. The minimum absolute atomic E-state index is 0.743. The molecule has 4 aromatic heterocycles. The van der Waals surface area contributed by atoms with Crippen molar-refractivity contribution in [1.82, 2.24) is 44.0 Å². The predicted octanol–water partition coefficient (Wildman–Crippen LogP) is 2.72. The third-order valence-corrected chi connectivity index (χ3v) is 5.85. The van der Waals surface area contributed by atoms with E-state index >= 15 is 0 Å². The molecule has 0 amide bonds. The number of hydrogen-bond acceptors (Lipinski definition) is 5. The van der Waals surface area contributed by atoms with E-state index in [0.717, 1.165) is 78.4 Å². The lowest BCUT2D eigenvalue weighted by molar-refractivity contribution is 0.309. The minimum atomic E-state index is 0.743. The largest absolute Gasteiger partial charge is 0.295 e. The van der Waals surface area contributed by atoms with Gasteiger partial charge in [-0.15, -0.1) is 0 Å². The van der Waals surface area contributed by atoms with Crippen molar-refractivity contribution < 1.29 is 0 Å². The molecule has 9 heteroatoms. The lowest BCUT2D eigenvalue weighted by Crippen LogP contribution is -2.18. The van der Waals surface area contributed by atoms with Crippen LogP contribution in [-0.2, 0) is 26.2 Å². The average molecular weight is 420 g/mol. The molecule has 0 radical (unpaired) electrons. The van der Waals surface area contributed by atoms with Gasteiger partial charge in [-0.25, -0.2) is 9.36 Å². The maximum atomic E-state index is 4.83. The first kappa shape index (κ1) is 19.7. The third kappa shape index (κ3) is 3.69. The van der Waals surface area contributed by atoms with E-state index in [0.29, 0.717) is 0 Å². The van der Waals surface area contributed by atoms with E-state index in [1.807, 2.05) is 9.36 Å². The second-order valence-corrected chi connectivity index (χ2v) is 8.64. The Morgan fingerprint density at radius 3 is 1.52 bits per heavy atom. The van der Waals surface area contributed by atoms with Crippen LogP contribution < -0.4 is 0 Å². The van der Waals surface area contributed by atoms with Crippen LogP contribution in [0.5, 0.6) is 0 Å². The van der Waals surface area contributed by atoms with Crippen LogP contribution in [0.3, 0.4) is 0 Å². The van der Waals surface area contributed by atoms with Crippen LogP contribution in [-0.4, -0.2) is 51.1 Å². The molecule has 5 rings (SSSR count). The first-order chi connectivity index (χ1) is 14.9. The molecule has 0 saturated carbocycles. The first-order valence-corrected chi connectivity index (χ1v) is 10.8. The lowest BCUT2D eigenvalue weighted by atomic mass is 10.3. The maximum absolute atomic E-state index is 4.83. The van der Waals surface area contributed by atoms with Crippen LogP contribution in [0.1, 0.15) is 40.6 Å². The summed E-state index contributed by atoms with van der Waals surface area (Å²) in [6, 6.07) is 8.48. The fourth-order valence-electron chi connectivity index (χ4n) is 4.32. The summed E-state index contributed by atoms with van der Waals surface area (Å²) in [5.41, 5.74) is 6.51. The topological polar surface area (TPSA) is 74.5 Å². The van der Waals surface area contributed by atoms with Crippen LogP contribution >= 0.6 is 0 Å². The van der Waals surface area contributed by atoms with Gasteiger partial charge in [-0.1, -0.05) is 0 Å². The zero-order valence-corrected chi connectivity index (χ0v) is 18.9. The van der Waals surface area contributed by atoms with Crippen molar-refractivity contribution in [2.75, 3.05) is 7.05 Å². The number of fused-ring (bicyclic) bond motifs is 10. The molecule has 9 nitrogen and oxygen atoms in total. The molecular formula is C22H29N9. The van der Waals surface area contributed by atoms with Crippen molar-refractivity contribution in [3.8, 4) is 11.6 Å². The van der Waals surface area contributed by atoms with E-state index in [4.69, 9.17) is 20.4 Å². The van der Waals surface area contributed by atoms with Gasteiger partial charge in [0, 0.05) is 61.1 Å². The Morgan fingerprint density at radius 2 is 1.06 bits per heavy atom. The summed E-state index contributed by atoms with van der Waals surface area (Å²) in [6.07, 6.45) is 0.946. The Bertz CT molecular complexity index is 1140. The highest BCUT2D eigenvalue weighted by atomic mass is 15.4. The Hall–Kier alpha value is -3.20. The lowest BCUT2D eigenvalue weighted by Gasteiger charge is -2.13. The van der Waals surface area contributed by atoms with Crippen molar-refractivity contribution in [2.24, 2.45) is 0 Å². The number of aryl methyl sites for hydroxylation is 6. The molecule has 0 aromatic carbocycles. The number of nitrogens with zero attached hydrogens (tertiary/aromatic N) is 9. The summed E-state index contributed by atoms with van der Waals surface area (Å²) >= 11 is 0. The van der Waals surface area contributed by atoms with E-state index in [1.54, 1.807) is 0 Å². The van der Waals surface area contributed by atoms with Crippen LogP contribution in [0.25, 0.3) is 11.6 Å². The van der Waals surface area contributed by atoms with Gasteiger partial charge in [0.15, 0.2) is 11.6 Å². The quantitative estimate of drug-likeness (QED) is 0.438. The van der Waals surface area contributed by atoms with Gasteiger partial charge in [0.2, 0.25) is 0 Å². The van der Waals surface area contributed by atoms with Crippen molar-refractivity contribution in [2.45, 2.75) is 60.3 Å². The van der Waals surface area contributed by atoms with Gasteiger partial charge in [-0.05, 0) is 53.3 Å². The highest BCUT2D eigenvalue weighted by molar-refractivity contribution is 5.29. The molecule has 1 aliphatic heterocycles. The highest BCUT2D eigenvalue weighted by Crippen LogP contribution is 2.17.